The molecule has 3 heteroatoms. The molecule has 0 saturated heterocycles. The number of fused-ring (bicyclic) bond motifs is 1. The standard InChI is InChI=1S/C15H16N2S/c1-10-11(8-16-2)7-14(17-10)13-9-18-15-6-4-3-5-12(13)15/h3-7,9,16-17H,8H2,1-2H3. The van der Waals surface area contributed by atoms with Crippen LogP contribution in [0.4, 0.5) is 0 Å². The molecule has 3 aromatic rings. The maximum Gasteiger partial charge on any atom is 0.0474 e. The van der Waals surface area contributed by atoms with E-state index in [9.17, 15) is 0 Å². The van der Waals surface area contributed by atoms with Gasteiger partial charge in [-0.25, -0.2) is 0 Å². The Morgan fingerprint density at radius 3 is 2.94 bits per heavy atom. The minimum absolute atomic E-state index is 0.907. The molecule has 0 spiro atoms. The number of hydrogen-bond donors (Lipinski definition) is 2. The first-order chi connectivity index (χ1) is 8.79. The largest absolute Gasteiger partial charge is 0.358 e. The third-order valence-corrected chi connectivity index (χ3v) is 4.22. The third kappa shape index (κ3) is 1.85. The highest BCUT2D eigenvalue weighted by molar-refractivity contribution is 7.17. The average Bonchev–Trinajstić information content (AvgIpc) is 2.94. The third-order valence-electron chi connectivity index (χ3n) is 3.26. The Hall–Kier alpha value is -1.58. The van der Waals surface area contributed by atoms with Crippen molar-refractivity contribution in [1.29, 1.82) is 0 Å². The predicted octanol–water partition coefficient (Wildman–Crippen LogP) is 3.92. The van der Waals surface area contributed by atoms with E-state index in [-0.39, 0.29) is 0 Å². The molecule has 0 radical (unpaired) electrons. The van der Waals surface area contributed by atoms with Crippen molar-refractivity contribution in [2.24, 2.45) is 0 Å². The Morgan fingerprint density at radius 1 is 1.28 bits per heavy atom. The second-order valence-electron chi connectivity index (χ2n) is 4.51. The monoisotopic (exact) mass is 256 g/mol. The lowest BCUT2D eigenvalue weighted by Crippen LogP contribution is -2.04. The highest BCUT2D eigenvalue weighted by atomic mass is 32.1. The van der Waals surface area contributed by atoms with Crippen LogP contribution in [0.15, 0.2) is 35.7 Å². The summed E-state index contributed by atoms with van der Waals surface area (Å²) in [5.74, 6) is 0. The lowest BCUT2D eigenvalue weighted by molar-refractivity contribution is 0.812. The van der Waals surface area contributed by atoms with Crippen LogP contribution >= 0.6 is 11.3 Å². The van der Waals surface area contributed by atoms with Gasteiger partial charge in [-0.3, -0.25) is 0 Å². The highest BCUT2D eigenvalue weighted by Gasteiger charge is 2.10. The Morgan fingerprint density at radius 2 is 2.11 bits per heavy atom. The van der Waals surface area contributed by atoms with Gasteiger partial charge in [0.1, 0.15) is 0 Å². The topological polar surface area (TPSA) is 27.8 Å². The number of benzene rings is 1. The molecule has 0 amide bonds. The maximum absolute atomic E-state index is 3.49. The smallest absolute Gasteiger partial charge is 0.0474 e. The molecule has 0 unspecified atom stereocenters. The Kier molecular flexibility index (Phi) is 2.94. The van der Waals surface area contributed by atoms with Crippen molar-refractivity contribution in [2.45, 2.75) is 13.5 Å². The van der Waals surface area contributed by atoms with Crippen LogP contribution in [-0.4, -0.2) is 12.0 Å². The van der Waals surface area contributed by atoms with Gasteiger partial charge in [-0.2, -0.15) is 0 Å². The van der Waals surface area contributed by atoms with E-state index >= 15 is 0 Å². The van der Waals surface area contributed by atoms with Gasteiger partial charge in [0.25, 0.3) is 0 Å². The number of thiophene rings is 1. The zero-order chi connectivity index (χ0) is 12.5. The molecule has 0 atom stereocenters. The SMILES string of the molecule is CNCc1cc(-c2csc3ccccc23)[nH]c1C. The fraction of sp³-hybridized carbons (Fsp3) is 0.200. The van der Waals surface area contributed by atoms with Crippen molar-refractivity contribution >= 4 is 21.4 Å². The van der Waals surface area contributed by atoms with E-state index in [1.807, 2.05) is 7.05 Å². The minimum Gasteiger partial charge on any atom is -0.358 e. The van der Waals surface area contributed by atoms with Crippen molar-refractivity contribution in [2.75, 3.05) is 7.05 Å². The van der Waals surface area contributed by atoms with E-state index in [1.165, 1.54) is 32.6 Å². The first kappa shape index (κ1) is 11.5. The molecule has 0 aliphatic rings. The second kappa shape index (κ2) is 4.59. The average molecular weight is 256 g/mol. The number of hydrogen-bond acceptors (Lipinski definition) is 2. The molecule has 2 heterocycles. The van der Waals surface area contributed by atoms with E-state index in [2.05, 4.69) is 52.9 Å². The van der Waals surface area contributed by atoms with Gasteiger partial charge in [0.15, 0.2) is 0 Å². The Bertz CT molecular complexity index is 679. The number of aromatic nitrogens is 1. The summed E-state index contributed by atoms with van der Waals surface area (Å²) in [6.07, 6.45) is 0. The summed E-state index contributed by atoms with van der Waals surface area (Å²) in [5.41, 5.74) is 5.11. The summed E-state index contributed by atoms with van der Waals surface area (Å²) in [6.45, 7) is 3.04. The van der Waals surface area contributed by atoms with Crippen molar-refractivity contribution in [3.05, 3.63) is 47.0 Å². The fourth-order valence-electron chi connectivity index (χ4n) is 2.31. The van der Waals surface area contributed by atoms with Gasteiger partial charge in [-0.1, -0.05) is 18.2 Å². The van der Waals surface area contributed by atoms with Crippen LogP contribution in [0.5, 0.6) is 0 Å². The Balaban J connectivity index is 2.11. The highest BCUT2D eigenvalue weighted by Crippen LogP contribution is 2.34. The maximum atomic E-state index is 3.49. The van der Waals surface area contributed by atoms with Crippen LogP contribution in [0.3, 0.4) is 0 Å². The number of aryl methyl sites for hydroxylation is 1. The van der Waals surface area contributed by atoms with Crippen molar-refractivity contribution in [1.82, 2.24) is 10.3 Å². The van der Waals surface area contributed by atoms with E-state index in [0.717, 1.165) is 6.54 Å². The molecule has 0 bridgehead atoms. The number of H-pyrrole nitrogens is 1. The van der Waals surface area contributed by atoms with Gasteiger partial charge in [0.2, 0.25) is 0 Å². The second-order valence-corrected chi connectivity index (χ2v) is 5.42. The van der Waals surface area contributed by atoms with Gasteiger partial charge in [-0.05, 0) is 31.7 Å². The van der Waals surface area contributed by atoms with Crippen molar-refractivity contribution < 1.29 is 0 Å². The van der Waals surface area contributed by atoms with E-state index in [4.69, 9.17) is 0 Å². The predicted molar refractivity (Wildman–Crippen MR) is 79.1 cm³/mol. The molecule has 2 aromatic heterocycles. The quantitative estimate of drug-likeness (QED) is 0.730. The van der Waals surface area contributed by atoms with Crippen LogP contribution in [0.1, 0.15) is 11.3 Å². The lowest BCUT2D eigenvalue weighted by atomic mass is 10.1. The lowest BCUT2D eigenvalue weighted by Gasteiger charge is -1.95. The molecule has 92 valence electrons. The Labute approximate surface area is 111 Å². The zero-order valence-corrected chi connectivity index (χ0v) is 11.4. The van der Waals surface area contributed by atoms with Crippen LogP contribution in [0, 0.1) is 6.92 Å². The molecule has 0 aliphatic carbocycles. The molecular weight excluding hydrogens is 240 g/mol. The first-order valence-electron chi connectivity index (χ1n) is 6.09. The fourth-order valence-corrected chi connectivity index (χ4v) is 3.27. The first-order valence-corrected chi connectivity index (χ1v) is 6.97. The molecule has 3 rings (SSSR count). The number of nitrogens with one attached hydrogen (secondary N) is 2. The zero-order valence-electron chi connectivity index (χ0n) is 10.6. The summed E-state index contributed by atoms with van der Waals surface area (Å²) < 4.78 is 1.34. The summed E-state index contributed by atoms with van der Waals surface area (Å²) in [4.78, 5) is 3.49. The van der Waals surface area contributed by atoms with Crippen molar-refractivity contribution in [3.8, 4) is 11.3 Å². The molecule has 0 fully saturated rings. The van der Waals surface area contributed by atoms with E-state index in [0.29, 0.717) is 0 Å². The van der Waals surface area contributed by atoms with Crippen LogP contribution in [0.2, 0.25) is 0 Å². The van der Waals surface area contributed by atoms with Gasteiger partial charge in [0.05, 0.1) is 0 Å². The summed E-state index contributed by atoms with van der Waals surface area (Å²) in [6, 6.07) is 10.8. The minimum atomic E-state index is 0.907. The van der Waals surface area contributed by atoms with E-state index in [1.54, 1.807) is 11.3 Å². The summed E-state index contributed by atoms with van der Waals surface area (Å²) in [7, 11) is 1.98. The molecular formula is C15H16N2S. The van der Waals surface area contributed by atoms with Gasteiger partial charge in [-0.15, -0.1) is 11.3 Å². The van der Waals surface area contributed by atoms with Crippen LogP contribution in [0.25, 0.3) is 21.3 Å². The van der Waals surface area contributed by atoms with Gasteiger partial charge >= 0.3 is 0 Å². The van der Waals surface area contributed by atoms with Crippen molar-refractivity contribution in [3.63, 3.8) is 0 Å². The molecule has 0 aliphatic heterocycles. The number of aromatic amines is 1. The molecule has 0 saturated carbocycles. The van der Waals surface area contributed by atoms with Gasteiger partial charge in [0, 0.05) is 39.0 Å². The van der Waals surface area contributed by atoms with Crippen LogP contribution in [-0.2, 0) is 6.54 Å². The molecule has 1 aromatic carbocycles. The summed E-state index contributed by atoms with van der Waals surface area (Å²) in [5, 5.41) is 6.77. The normalized spacial score (nSPS) is 11.2. The molecule has 2 nitrogen and oxygen atoms in total. The van der Waals surface area contributed by atoms with Crippen LogP contribution < -0.4 is 5.32 Å². The van der Waals surface area contributed by atoms with Gasteiger partial charge < -0.3 is 10.3 Å². The molecule has 18 heavy (non-hydrogen) atoms. The van der Waals surface area contributed by atoms with E-state index < -0.39 is 0 Å². The summed E-state index contributed by atoms with van der Waals surface area (Å²) >= 11 is 1.80. The number of rotatable bonds is 3. The molecule has 2 N–H and O–H groups in total.